The summed E-state index contributed by atoms with van der Waals surface area (Å²) in [4.78, 5) is 24.3. The zero-order valence-corrected chi connectivity index (χ0v) is 10.5. The van der Waals surface area contributed by atoms with Gasteiger partial charge in [0, 0.05) is 24.7 Å². The molecule has 0 N–H and O–H groups in total. The van der Waals surface area contributed by atoms with Crippen LogP contribution in [0.2, 0.25) is 0 Å². The number of rotatable bonds is 4. The van der Waals surface area contributed by atoms with E-state index in [1.807, 2.05) is 0 Å². The predicted molar refractivity (Wildman–Crippen MR) is 69.8 cm³/mol. The van der Waals surface area contributed by atoms with Crippen molar-refractivity contribution in [1.82, 2.24) is 0 Å². The van der Waals surface area contributed by atoms with E-state index in [2.05, 4.69) is 4.90 Å². The number of methoxy groups -OCH3 is 1. The molecule has 1 aromatic carbocycles. The maximum absolute atomic E-state index is 11.2. The van der Waals surface area contributed by atoms with Gasteiger partial charge in [0.1, 0.15) is 5.75 Å². The summed E-state index contributed by atoms with van der Waals surface area (Å²) >= 11 is 0. The summed E-state index contributed by atoms with van der Waals surface area (Å²) in [6, 6.07) is 3.39. The van der Waals surface area contributed by atoms with E-state index in [-0.39, 0.29) is 0 Å². The van der Waals surface area contributed by atoms with Crippen LogP contribution in [0.15, 0.2) is 12.1 Å². The van der Waals surface area contributed by atoms with Crippen molar-refractivity contribution in [2.45, 2.75) is 19.3 Å². The van der Waals surface area contributed by atoms with Crippen LogP contribution in [-0.2, 0) is 0 Å². The average molecular weight is 247 g/mol. The monoisotopic (exact) mass is 247 g/mol. The van der Waals surface area contributed by atoms with Gasteiger partial charge in [0.25, 0.3) is 0 Å². The van der Waals surface area contributed by atoms with Crippen LogP contribution in [0.1, 0.15) is 40.0 Å². The standard InChI is InChI=1S/C14H17NO3/c1-18-14-8-13(15-5-3-2-4-6-15)11(9-16)7-12(14)10-17/h7-10H,2-6H2,1H3. The number of carbonyl (C=O) groups is 2. The maximum Gasteiger partial charge on any atom is 0.153 e. The number of piperidine rings is 1. The van der Waals surface area contributed by atoms with Gasteiger partial charge in [0.15, 0.2) is 12.6 Å². The Labute approximate surface area is 107 Å². The van der Waals surface area contributed by atoms with Crippen LogP contribution < -0.4 is 9.64 Å². The van der Waals surface area contributed by atoms with Gasteiger partial charge in [-0.25, -0.2) is 0 Å². The molecule has 4 nitrogen and oxygen atoms in total. The van der Waals surface area contributed by atoms with Gasteiger partial charge < -0.3 is 9.64 Å². The molecule has 1 saturated heterocycles. The van der Waals surface area contributed by atoms with Crippen LogP contribution in [0, 0.1) is 0 Å². The fourth-order valence-corrected chi connectivity index (χ4v) is 2.38. The molecule has 0 aliphatic carbocycles. The van der Waals surface area contributed by atoms with Crippen molar-refractivity contribution in [3.8, 4) is 5.75 Å². The second-order valence-electron chi connectivity index (χ2n) is 4.44. The van der Waals surface area contributed by atoms with Crippen LogP contribution >= 0.6 is 0 Å². The van der Waals surface area contributed by atoms with Gasteiger partial charge in [-0.2, -0.15) is 0 Å². The molecule has 0 bridgehead atoms. The SMILES string of the molecule is COc1cc(N2CCCCC2)c(C=O)cc1C=O. The third-order valence-electron chi connectivity index (χ3n) is 3.33. The molecule has 1 aliphatic heterocycles. The highest BCUT2D eigenvalue weighted by Gasteiger charge is 2.17. The molecule has 4 heteroatoms. The molecular weight excluding hydrogens is 230 g/mol. The third kappa shape index (κ3) is 2.37. The Morgan fingerprint density at radius 1 is 1.06 bits per heavy atom. The summed E-state index contributed by atoms with van der Waals surface area (Å²) < 4.78 is 5.19. The molecule has 0 amide bonds. The highest BCUT2D eigenvalue weighted by Crippen LogP contribution is 2.30. The van der Waals surface area contributed by atoms with Gasteiger partial charge in [-0.3, -0.25) is 9.59 Å². The first-order chi connectivity index (χ1) is 8.80. The number of ether oxygens (including phenoxy) is 1. The first kappa shape index (κ1) is 12.6. The fourth-order valence-electron chi connectivity index (χ4n) is 2.38. The van der Waals surface area contributed by atoms with Crippen LogP contribution in [0.25, 0.3) is 0 Å². The lowest BCUT2D eigenvalue weighted by molar-refractivity contribution is 0.112. The Hall–Kier alpha value is -1.84. The van der Waals surface area contributed by atoms with Crippen LogP contribution in [0.4, 0.5) is 5.69 Å². The molecule has 0 unspecified atom stereocenters. The highest BCUT2D eigenvalue weighted by atomic mass is 16.5. The molecule has 0 atom stereocenters. The Kier molecular flexibility index (Phi) is 3.97. The second-order valence-corrected chi connectivity index (χ2v) is 4.44. The van der Waals surface area contributed by atoms with Crippen LogP contribution in [-0.4, -0.2) is 32.8 Å². The molecule has 2 rings (SSSR count). The van der Waals surface area contributed by atoms with Gasteiger partial charge in [0.05, 0.1) is 18.4 Å². The second kappa shape index (κ2) is 5.67. The number of benzene rings is 1. The van der Waals surface area contributed by atoms with E-state index in [1.54, 1.807) is 12.1 Å². The minimum Gasteiger partial charge on any atom is -0.496 e. The third-order valence-corrected chi connectivity index (χ3v) is 3.33. The molecule has 0 spiro atoms. The van der Waals surface area contributed by atoms with Gasteiger partial charge in [0.2, 0.25) is 0 Å². The average Bonchev–Trinajstić information content (AvgIpc) is 2.46. The molecule has 0 saturated carbocycles. The number of aldehydes is 2. The van der Waals surface area contributed by atoms with E-state index < -0.39 is 0 Å². The minimum absolute atomic E-state index is 0.417. The molecule has 1 aliphatic rings. The molecule has 0 aromatic heterocycles. The van der Waals surface area contributed by atoms with E-state index >= 15 is 0 Å². The summed E-state index contributed by atoms with van der Waals surface area (Å²) in [5.74, 6) is 0.524. The Bertz CT molecular complexity index is 451. The minimum atomic E-state index is 0.417. The molecule has 0 radical (unpaired) electrons. The van der Waals surface area contributed by atoms with Crippen molar-refractivity contribution in [3.05, 3.63) is 23.3 Å². The zero-order valence-electron chi connectivity index (χ0n) is 10.5. The first-order valence-corrected chi connectivity index (χ1v) is 6.17. The van der Waals surface area contributed by atoms with Crippen LogP contribution in [0.3, 0.4) is 0 Å². The Balaban J connectivity index is 2.43. The molecule has 1 fully saturated rings. The summed E-state index contributed by atoms with van der Waals surface area (Å²) in [5.41, 5.74) is 1.84. The number of hydrogen-bond acceptors (Lipinski definition) is 4. The van der Waals surface area contributed by atoms with Gasteiger partial charge in [-0.1, -0.05) is 0 Å². The van der Waals surface area contributed by atoms with E-state index in [1.165, 1.54) is 13.5 Å². The summed E-state index contributed by atoms with van der Waals surface area (Å²) in [6.07, 6.45) is 5.02. The molecule has 1 heterocycles. The largest absolute Gasteiger partial charge is 0.496 e. The predicted octanol–water partition coefficient (Wildman–Crippen LogP) is 2.31. The van der Waals surface area contributed by atoms with E-state index in [0.717, 1.165) is 37.9 Å². The number of hydrogen-bond donors (Lipinski definition) is 0. The topological polar surface area (TPSA) is 46.6 Å². The lowest BCUT2D eigenvalue weighted by Gasteiger charge is -2.30. The normalized spacial score (nSPS) is 15.3. The van der Waals surface area contributed by atoms with Crippen LogP contribution in [0.5, 0.6) is 5.75 Å². The maximum atomic E-state index is 11.2. The van der Waals surface area contributed by atoms with Crippen molar-refractivity contribution in [3.63, 3.8) is 0 Å². The lowest BCUT2D eigenvalue weighted by atomic mass is 10.0. The molecule has 1 aromatic rings. The summed E-state index contributed by atoms with van der Waals surface area (Å²) in [7, 11) is 1.53. The highest BCUT2D eigenvalue weighted by molar-refractivity contribution is 5.91. The number of nitrogens with zero attached hydrogens (tertiary/aromatic N) is 1. The first-order valence-electron chi connectivity index (χ1n) is 6.17. The smallest absolute Gasteiger partial charge is 0.153 e. The lowest BCUT2D eigenvalue weighted by Crippen LogP contribution is -2.30. The van der Waals surface area contributed by atoms with Crippen molar-refractivity contribution >= 4 is 18.3 Å². The fraction of sp³-hybridized carbons (Fsp3) is 0.429. The van der Waals surface area contributed by atoms with Crippen molar-refractivity contribution in [2.24, 2.45) is 0 Å². The Morgan fingerprint density at radius 3 is 2.28 bits per heavy atom. The number of anilines is 1. The number of carbonyl (C=O) groups excluding carboxylic acids is 2. The van der Waals surface area contributed by atoms with Gasteiger partial charge >= 0.3 is 0 Å². The van der Waals surface area contributed by atoms with Gasteiger partial charge in [-0.15, -0.1) is 0 Å². The molecule has 18 heavy (non-hydrogen) atoms. The Morgan fingerprint density at radius 2 is 1.72 bits per heavy atom. The molecule has 96 valence electrons. The summed E-state index contributed by atoms with van der Waals surface area (Å²) in [5, 5.41) is 0. The van der Waals surface area contributed by atoms with Crippen molar-refractivity contribution in [1.29, 1.82) is 0 Å². The molecular formula is C14H17NO3. The summed E-state index contributed by atoms with van der Waals surface area (Å²) in [6.45, 7) is 1.90. The zero-order chi connectivity index (χ0) is 13.0. The van der Waals surface area contributed by atoms with E-state index in [4.69, 9.17) is 4.74 Å². The quantitative estimate of drug-likeness (QED) is 0.766. The van der Waals surface area contributed by atoms with Crippen molar-refractivity contribution in [2.75, 3.05) is 25.1 Å². The van der Waals surface area contributed by atoms with E-state index in [0.29, 0.717) is 23.2 Å². The van der Waals surface area contributed by atoms with Crippen molar-refractivity contribution < 1.29 is 14.3 Å². The van der Waals surface area contributed by atoms with Gasteiger partial charge in [-0.05, 0) is 25.3 Å². The van der Waals surface area contributed by atoms with E-state index in [9.17, 15) is 9.59 Å².